The summed E-state index contributed by atoms with van der Waals surface area (Å²) >= 11 is 0. The first-order chi connectivity index (χ1) is 16.0. The normalized spacial score (nSPS) is 16.1. The predicted molar refractivity (Wildman–Crippen MR) is 124 cm³/mol. The molecule has 170 valence electrons. The second-order valence-electron chi connectivity index (χ2n) is 7.78. The first-order valence-corrected chi connectivity index (χ1v) is 10.8. The molecule has 8 heteroatoms. The summed E-state index contributed by atoms with van der Waals surface area (Å²) in [7, 11) is 0. The zero-order chi connectivity index (χ0) is 23.2. The Balaban J connectivity index is 1.30. The highest BCUT2D eigenvalue weighted by Gasteiger charge is 2.23. The Bertz CT molecular complexity index is 1170. The molecule has 3 aromatic carbocycles. The molecule has 8 nitrogen and oxygen atoms in total. The summed E-state index contributed by atoms with van der Waals surface area (Å²) in [4.78, 5) is 37.1. The summed E-state index contributed by atoms with van der Waals surface area (Å²) in [6, 6.07) is 19.8. The molecule has 0 spiro atoms. The summed E-state index contributed by atoms with van der Waals surface area (Å²) in [5.41, 5.74) is 5.50. The smallest absolute Gasteiger partial charge is 0.279 e. The van der Waals surface area contributed by atoms with Gasteiger partial charge in [0.2, 0.25) is 0 Å². The molecule has 0 aliphatic carbocycles. The third-order valence-corrected chi connectivity index (χ3v) is 5.32. The second-order valence-corrected chi connectivity index (χ2v) is 7.78. The highest BCUT2D eigenvalue weighted by molar-refractivity contribution is 5.99. The fourth-order valence-electron chi connectivity index (χ4n) is 3.54. The molecular weight excluding hydrogens is 422 g/mol. The van der Waals surface area contributed by atoms with E-state index >= 15 is 0 Å². The molecule has 0 saturated carbocycles. The summed E-state index contributed by atoms with van der Waals surface area (Å²) < 4.78 is 11.1. The van der Waals surface area contributed by atoms with E-state index in [0.29, 0.717) is 24.5 Å². The van der Waals surface area contributed by atoms with Gasteiger partial charge in [0.15, 0.2) is 6.10 Å². The van der Waals surface area contributed by atoms with Gasteiger partial charge in [0.25, 0.3) is 17.7 Å². The average Bonchev–Trinajstić information content (AvgIpc) is 3.37. The van der Waals surface area contributed by atoms with E-state index in [2.05, 4.69) is 16.2 Å². The minimum absolute atomic E-state index is 0.238. The number of carbonyl (C=O) groups is 3. The molecule has 2 unspecified atom stereocenters. The van der Waals surface area contributed by atoms with E-state index in [1.165, 1.54) is 6.07 Å². The molecule has 1 saturated heterocycles. The van der Waals surface area contributed by atoms with Crippen LogP contribution >= 0.6 is 0 Å². The number of hydrazine groups is 1. The van der Waals surface area contributed by atoms with Gasteiger partial charge in [0.1, 0.15) is 11.9 Å². The maximum atomic E-state index is 12.5. The Morgan fingerprint density at radius 1 is 0.970 bits per heavy atom. The molecule has 0 aromatic heterocycles. The van der Waals surface area contributed by atoms with Crippen molar-refractivity contribution in [2.45, 2.75) is 32.0 Å². The lowest BCUT2D eigenvalue weighted by molar-refractivity contribution is -0.128. The van der Waals surface area contributed by atoms with Gasteiger partial charge in [0, 0.05) is 17.9 Å². The molecule has 2 atom stereocenters. The summed E-state index contributed by atoms with van der Waals surface area (Å²) in [5, 5.41) is 4.83. The lowest BCUT2D eigenvalue weighted by Crippen LogP contribution is -2.47. The van der Waals surface area contributed by atoms with Crippen LogP contribution in [0, 0.1) is 0 Å². The number of rotatable bonds is 6. The maximum absolute atomic E-state index is 12.5. The van der Waals surface area contributed by atoms with Crippen molar-refractivity contribution < 1.29 is 23.9 Å². The first-order valence-electron chi connectivity index (χ1n) is 10.8. The maximum Gasteiger partial charge on any atom is 0.279 e. The molecule has 3 amide bonds. The molecule has 1 aliphatic heterocycles. The van der Waals surface area contributed by atoms with Crippen LogP contribution in [0.3, 0.4) is 0 Å². The number of benzene rings is 3. The number of carbonyl (C=O) groups excluding carboxylic acids is 3. The Morgan fingerprint density at radius 2 is 1.79 bits per heavy atom. The van der Waals surface area contributed by atoms with E-state index in [0.717, 1.165) is 17.2 Å². The SMILES string of the molecule is CC(Oc1ccc2ccccc2c1)C(=O)NNC(=O)c1cccc(NC(=O)C2CCCO2)c1. The highest BCUT2D eigenvalue weighted by atomic mass is 16.5. The fourth-order valence-corrected chi connectivity index (χ4v) is 3.54. The number of anilines is 1. The monoisotopic (exact) mass is 447 g/mol. The summed E-state index contributed by atoms with van der Waals surface area (Å²) in [5.74, 6) is -0.704. The van der Waals surface area contributed by atoms with Crippen molar-refractivity contribution in [2.24, 2.45) is 0 Å². The average molecular weight is 447 g/mol. The first kappa shape index (κ1) is 22.3. The number of ether oxygens (including phenoxy) is 2. The number of hydrogen-bond acceptors (Lipinski definition) is 5. The largest absolute Gasteiger partial charge is 0.481 e. The van der Waals surface area contributed by atoms with Gasteiger partial charge in [-0.3, -0.25) is 25.2 Å². The molecule has 4 rings (SSSR count). The second kappa shape index (κ2) is 10.1. The van der Waals surface area contributed by atoms with Gasteiger partial charge in [-0.1, -0.05) is 36.4 Å². The van der Waals surface area contributed by atoms with Crippen molar-refractivity contribution in [3.8, 4) is 5.75 Å². The van der Waals surface area contributed by atoms with Crippen LogP contribution in [0.25, 0.3) is 10.8 Å². The van der Waals surface area contributed by atoms with Gasteiger partial charge < -0.3 is 14.8 Å². The van der Waals surface area contributed by atoms with Gasteiger partial charge in [-0.05, 0) is 60.9 Å². The Kier molecular flexibility index (Phi) is 6.85. The Labute approximate surface area is 191 Å². The standard InChI is InChI=1S/C25H25N3O5/c1-16(33-21-12-11-17-6-2-3-7-18(17)15-21)23(29)27-28-24(30)19-8-4-9-20(14-19)26-25(31)22-10-5-13-32-22/h2-4,6-9,11-12,14-16,22H,5,10,13H2,1H3,(H,26,31)(H,27,29)(H,28,30). The van der Waals surface area contributed by atoms with Gasteiger partial charge >= 0.3 is 0 Å². The third kappa shape index (κ3) is 5.67. The minimum Gasteiger partial charge on any atom is -0.481 e. The van der Waals surface area contributed by atoms with Crippen LogP contribution in [0.2, 0.25) is 0 Å². The zero-order valence-corrected chi connectivity index (χ0v) is 18.2. The van der Waals surface area contributed by atoms with Crippen LogP contribution in [0.5, 0.6) is 5.75 Å². The van der Waals surface area contributed by atoms with E-state index in [1.807, 2.05) is 36.4 Å². The van der Waals surface area contributed by atoms with Crippen LogP contribution in [0.4, 0.5) is 5.69 Å². The Hall–Kier alpha value is -3.91. The Morgan fingerprint density at radius 3 is 2.58 bits per heavy atom. The molecule has 33 heavy (non-hydrogen) atoms. The topological polar surface area (TPSA) is 106 Å². The van der Waals surface area contributed by atoms with E-state index in [1.54, 1.807) is 31.2 Å². The molecule has 0 bridgehead atoms. The summed E-state index contributed by atoms with van der Waals surface area (Å²) in [6.07, 6.45) is 0.232. The van der Waals surface area contributed by atoms with Crippen molar-refractivity contribution in [3.05, 3.63) is 72.3 Å². The third-order valence-electron chi connectivity index (χ3n) is 5.32. The van der Waals surface area contributed by atoms with Crippen molar-refractivity contribution in [1.29, 1.82) is 0 Å². The van der Waals surface area contributed by atoms with Crippen molar-refractivity contribution in [3.63, 3.8) is 0 Å². The molecule has 0 radical (unpaired) electrons. The van der Waals surface area contributed by atoms with Crippen LogP contribution in [0.1, 0.15) is 30.1 Å². The van der Waals surface area contributed by atoms with Gasteiger partial charge in [-0.15, -0.1) is 0 Å². The quantitative estimate of drug-likeness (QED) is 0.504. The van der Waals surface area contributed by atoms with E-state index in [-0.39, 0.29) is 11.5 Å². The van der Waals surface area contributed by atoms with Crippen molar-refractivity contribution in [2.75, 3.05) is 11.9 Å². The van der Waals surface area contributed by atoms with Crippen molar-refractivity contribution in [1.82, 2.24) is 10.9 Å². The van der Waals surface area contributed by atoms with E-state index in [4.69, 9.17) is 9.47 Å². The predicted octanol–water partition coefficient (Wildman–Crippen LogP) is 3.19. The van der Waals surface area contributed by atoms with E-state index in [9.17, 15) is 14.4 Å². The summed E-state index contributed by atoms with van der Waals surface area (Å²) in [6.45, 7) is 2.17. The number of nitrogens with one attached hydrogen (secondary N) is 3. The lowest BCUT2D eigenvalue weighted by Gasteiger charge is -2.16. The molecule has 1 aliphatic rings. The van der Waals surface area contributed by atoms with Crippen LogP contribution in [0.15, 0.2) is 66.7 Å². The molecule has 3 N–H and O–H groups in total. The molecular formula is C25H25N3O5. The van der Waals surface area contributed by atoms with Gasteiger partial charge in [0.05, 0.1) is 0 Å². The number of hydrogen-bond donors (Lipinski definition) is 3. The van der Waals surface area contributed by atoms with Crippen LogP contribution in [-0.4, -0.2) is 36.5 Å². The van der Waals surface area contributed by atoms with Crippen molar-refractivity contribution >= 4 is 34.2 Å². The highest BCUT2D eigenvalue weighted by Crippen LogP contribution is 2.21. The van der Waals surface area contributed by atoms with Crippen LogP contribution in [-0.2, 0) is 14.3 Å². The number of amides is 3. The van der Waals surface area contributed by atoms with E-state index < -0.39 is 24.0 Å². The lowest BCUT2D eigenvalue weighted by atomic mass is 10.1. The minimum atomic E-state index is -0.830. The van der Waals surface area contributed by atoms with Gasteiger partial charge in [-0.25, -0.2) is 0 Å². The molecule has 1 heterocycles. The molecule has 3 aromatic rings. The zero-order valence-electron chi connectivity index (χ0n) is 18.2. The van der Waals surface area contributed by atoms with Crippen LogP contribution < -0.4 is 20.9 Å². The molecule has 1 fully saturated rings. The van der Waals surface area contributed by atoms with Gasteiger partial charge in [-0.2, -0.15) is 0 Å². The fraction of sp³-hybridized carbons (Fsp3) is 0.240. The number of fused-ring (bicyclic) bond motifs is 1.